The van der Waals surface area contributed by atoms with Gasteiger partial charge in [-0.05, 0) is 99.8 Å². The topological polar surface area (TPSA) is 57.2 Å². The molecule has 0 saturated heterocycles. The second-order valence-corrected chi connectivity index (χ2v) is 12.2. The largest absolute Gasteiger partial charge is 0.497 e. The second-order valence-electron chi connectivity index (χ2n) is 12.2. The van der Waals surface area contributed by atoms with Crippen molar-refractivity contribution in [2.24, 2.45) is 0 Å². The van der Waals surface area contributed by atoms with Crippen molar-refractivity contribution in [1.82, 2.24) is 0 Å². The molecule has 1 heterocycles. The zero-order valence-corrected chi connectivity index (χ0v) is 26.8. The maximum atomic E-state index is 12.8. The van der Waals surface area contributed by atoms with Gasteiger partial charge in [0.05, 0.1) is 21.3 Å². The van der Waals surface area contributed by atoms with Gasteiger partial charge in [0.25, 0.3) is 0 Å². The zero-order chi connectivity index (χ0) is 32.3. The lowest BCUT2D eigenvalue weighted by atomic mass is 9.79. The number of hydrogen-bond acceptors (Lipinski definition) is 5. The zero-order valence-electron chi connectivity index (χ0n) is 26.8. The minimum Gasteiger partial charge on any atom is -0.497 e. The van der Waals surface area contributed by atoms with E-state index < -0.39 is 5.60 Å². The fourth-order valence-corrected chi connectivity index (χ4v) is 7.29. The van der Waals surface area contributed by atoms with E-state index >= 15 is 0 Å². The highest BCUT2D eigenvalue weighted by Crippen LogP contribution is 2.59. The Balaban J connectivity index is 1.48. The summed E-state index contributed by atoms with van der Waals surface area (Å²) >= 11 is 0. The highest BCUT2D eigenvalue weighted by atomic mass is 16.5. The summed E-state index contributed by atoms with van der Waals surface area (Å²) in [7, 11) is 5.02. The molecule has 0 spiro atoms. The van der Waals surface area contributed by atoms with Crippen LogP contribution in [-0.2, 0) is 5.60 Å². The van der Waals surface area contributed by atoms with Gasteiger partial charge in [0.1, 0.15) is 35.2 Å². The number of benzene rings is 6. The van der Waals surface area contributed by atoms with Crippen molar-refractivity contribution in [1.29, 1.82) is 0 Å². The summed E-state index contributed by atoms with van der Waals surface area (Å²) in [5, 5.41) is 14.8. The molecule has 0 radical (unpaired) electrons. The summed E-state index contributed by atoms with van der Waals surface area (Å²) < 4.78 is 23.5. The lowest BCUT2D eigenvalue weighted by Crippen LogP contribution is -2.24. The Morgan fingerprint density at radius 2 is 1.21 bits per heavy atom. The van der Waals surface area contributed by atoms with Gasteiger partial charge in [0.15, 0.2) is 0 Å². The van der Waals surface area contributed by atoms with Gasteiger partial charge in [0, 0.05) is 27.7 Å². The van der Waals surface area contributed by atoms with Gasteiger partial charge in [-0.1, -0.05) is 66.7 Å². The van der Waals surface area contributed by atoms with Gasteiger partial charge in [-0.25, -0.2) is 0 Å². The number of hydrogen-bond donors (Lipinski definition) is 1. The standard InChI is InChI=1S/C42H34O5/c1-42(43)36-22-28(25-8-6-5-7-9-25)14-20-33(36)38-34-23-31(46-4)19-21-32(34)41-39(40(38)42)37(27-12-17-30(45-3)18-13-27)35(24-47-41)26-10-15-29(44-2)16-11-26/h5-23,43H,24H2,1-4H3. The van der Waals surface area contributed by atoms with Crippen molar-refractivity contribution in [3.8, 4) is 45.3 Å². The first-order valence-electron chi connectivity index (χ1n) is 15.7. The number of fused-ring (bicyclic) bond motifs is 8. The van der Waals surface area contributed by atoms with Crippen LogP contribution in [0.4, 0.5) is 0 Å². The molecule has 5 nitrogen and oxygen atoms in total. The van der Waals surface area contributed by atoms with Crippen LogP contribution in [0.25, 0.3) is 44.2 Å². The van der Waals surface area contributed by atoms with Gasteiger partial charge in [-0.3, -0.25) is 0 Å². The Morgan fingerprint density at radius 1 is 0.596 bits per heavy atom. The predicted molar refractivity (Wildman–Crippen MR) is 187 cm³/mol. The molecule has 0 bridgehead atoms. The first-order valence-corrected chi connectivity index (χ1v) is 15.7. The highest BCUT2D eigenvalue weighted by molar-refractivity contribution is 6.14. The number of methoxy groups -OCH3 is 3. The third kappa shape index (κ3) is 4.49. The van der Waals surface area contributed by atoms with Crippen LogP contribution in [0.15, 0.2) is 115 Å². The van der Waals surface area contributed by atoms with E-state index in [0.29, 0.717) is 6.61 Å². The van der Waals surface area contributed by atoms with E-state index in [1.54, 1.807) is 21.3 Å². The molecule has 0 aromatic heterocycles. The fourth-order valence-electron chi connectivity index (χ4n) is 7.29. The third-order valence-electron chi connectivity index (χ3n) is 9.60. The van der Waals surface area contributed by atoms with Gasteiger partial charge >= 0.3 is 0 Å². The molecule has 6 aromatic carbocycles. The summed E-state index contributed by atoms with van der Waals surface area (Å²) in [4.78, 5) is 0. The van der Waals surface area contributed by atoms with Crippen molar-refractivity contribution in [3.05, 3.63) is 143 Å². The van der Waals surface area contributed by atoms with Crippen LogP contribution in [0, 0.1) is 0 Å². The summed E-state index contributed by atoms with van der Waals surface area (Å²) in [5.74, 6) is 3.05. The van der Waals surface area contributed by atoms with E-state index in [-0.39, 0.29) is 0 Å². The molecule has 1 aliphatic heterocycles. The Morgan fingerprint density at radius 3 is 1.87 bits per heavy atom. The third-order valence-corrected chi connectivity index (χ3v) is 9.60. The minimum absolute atomic E-state index is 0.355. The maximum absolute atomic E-state index is 12.8. The fraction of sp³-hybridized carbons (Fsp3) is 0.143. The molecule has 47 heavy (non-hydrogen) atoms. The molecule has 1 unspecified atom stereocenters. The van der Waals surface area contributed by atoms with Crippen molar-refractivity contribution < 1.29 is 24.1 Å². The van der Waals surface area contributed by atoms with E-state index in [9.17, 15) is 5.11 Å². The van der Waals surface area contributed by atoms with Gasteiger partial charge < -0.3 is 24.1 Å². The van der Waals surface area contributed by atoms with E-state index in [0.717, 1.165) is 95.0 Å². The molecule has 1 N–H and O–H groups in total. The molecule has 8 rings (SSSR count). The van der Waals surface area contributed by atoms with E-state index in [4.69, 9.17) is 18.9 Å². The molecule has 1 aliphatic carbocycles. The maximum Gasteiger partial charge on any atom is 0.135 e. The van der Waals surface area contributed by atoms with Crippen LogP contribution in [0.2, 0.25) is 0 Å². The smallest absolute Gasteiger partial charge is 0.135 e. The summed E-state index contributed by atoms with van der Waals surface area (Å²) in [6.45, 7) is 2.26. The quantitative estimate of drug-likeness (QED) is 0.202. The van der Waals surface area contributed by atoms with Crippen LogP contribution in [0.1, 0.15) is 34.7 Å². The SMILES string of the molecule is COc1ccc(C2=C(c3ccc(OC)cc3)c3c4c(c5cc(OC)ccc5c3OC2)-c2ccc(-c3ccccc3)cc2C4(C)O)cc1. The van der Waals surface area contributed by atoms with E-state index in [1.807, 2.05) is 55.5 Å². The molecular formula is C42H34O5. The molecule has 1 atom stereocenters. The lowest BCUT2D eigenvalue weighted by Gasteiger charge is -2.32. The van der Waals surface area contributed by atoms with Crippen LogP contribution in [-0.4, -0.2) is 33.0 Å². The predicted octanol–water partition coefficient (Wildman–Crippen LogP) is 9.12. The molecule has 6 aromatic rings. The van der Waals surface area contributed by atoms with Gasteiger partial charge in [-0.15, -0.1) is 0 Å². The molecule has 0 saturated carbocycles. The van der Waals surface area contributed by atoms with Gasteiger partial charge in [0.2, 0.25) is 0 Å². The Hall–Kier alpha value is -5.52. The summed E-state index contributed by atoms with van der Waals surface area (Å²) in [5.41, 5.74) is 9.44. The van der Waals surface area contributed by atoms with Crippen molar-refractivity contribution in [2.75, 3.05) is 27.9 Å². The monoisotopic (exact) mass is 618 g/mol. The second kappa shape index (κ2) is 11.1. The number of aliphatic hydroxyl groups is 1. The summed E-state index contributed by atoms with van der Waals surface area (Å²) in [6.07, 6.45) is 0. The molecule has 2 aliphatic rings. The highest BCUT2D eigenvalue weighted by Gasteiger charge is 2.44. The average Bonchev–Trinajstić information content (AvgIpc) is 3.37. The molecule has 0 amide bonds. The molecule has 232 valence electrons. The van der Waals surface area contributed by atoms with Crippen LogP contribution in [0.5, 0.6) is 23.0 Å². The summed E-state index contributed by atoms with van der Waals surface area (Å²) in [6, 6.07) is 39.0. The molecule has 5 heteroatoms. The Kier molecular flexibility index (Phi) is 6.81. The van der Waals surface area contributed by atoms with Crippen LogP contribution < -0.4 is 18.9 Å². The molecule has 0 fully saturated rings. The Bertz CT molecular complexity index is 2190. The first-order chi connectivity index (χ1) is 22.9. The van der Waals surface area contributed by atoms with Crippen molar-refractivity contribution in [3.63, 3.8) is 0 Å². The number of ether oxygens (including phenoxy) is 4. The normalized spacial score (nSPS) is 16.3. The van der Waals surface area contributed by atoms with Crippen LogP contribution in [0.3, 0.4) is 0 Å². The van der Waals surface area contributed by atoms with E-state index in [2.05, 4.69) is 66.7 Å². The first kappa shape index (κ1) is 28.9. The van der Waals surface area contributed by atoms with Gasteiger partial charge in [-0.2, -0.15) is 0 Å². The van der Waals surface area contributed by atoms with E-state index in [1.165, 1.54) is 0 Å². The molecular weight excluding hydrogens is 584 g/mol. The lowest BCUT2D eigenvalue weighted by molar-refractivity contribution is 0.107. The average molecular weight is 619 g/mol. The minimum atomic E-state index is -1.33. The Labute approximate surface area is 274 Å². The number of rotatable bonds is 6. The van der Waals surface area contributed by atoms with Crippen molar-refractivity contribution in [2.45, 2.75) is 12.5 Å². The van der Waals surface area contributed by atoms with Crippen molar-refractivity contribution >= 4 is 21.9 Å². The van der Waals surface area contributed by atoms with Crippen LogP contribution >= 0.6 is 0 Å².